The molecule has 406 valence electrons. The van der Waals surface area contributed by atoms with Crippen molar-refractivity contribution in [2.24, 2.45) is 0 Å². The molecule has 8 nitrogen and oxygen atoms in total. The summed E-state index contributed by atoms with van der Waals surface area (Å²) in [5.74, 6) is 0. The summed E-state index contributed by atoms with van der Waals surface area (Å²) in [6.07, 6.45) is 0. The van der Waals surface area contributed by atoms with Gasteiger partial charge in [-0.25, -0.2) is 4.85 Å². The Kier molecular flexibility index (Phi) is 9.87. The molecule has 19 rings (SSSR count). The predicted octanol–water partition coefficient (Wildman–Crippen LogP) is 22.1. The molecule has 0 N–H and O–H groups in total. The summed E-state index contributed by atoms with van der Waals surface area (Å²) >= 11 is 0. The molecule has 0 atom stereocenters. The Morgan fingerprint density at radius 1 is 0.273 bits per heavy atom. The number of benzene rings is 13. The number of furan rings is 3. The zero-order valence-corrected chi connectivity index (χ0v) is 46.8. The number of rotatable bonds is 6. The molecule has 0 aliphatic heterocycles. The second-order valence-electron chi connectivity index (χ2n) is 22.9. The molecule has 6 aromatic heterocycles. The summed E-state index contributed by atoms with van der Waals surface area (Å²) in [5, 5.41) is 24.1. The van der Waals surface area contributed by atoms with Crippen molar-refractivity contribution in [3.63, 3.8) is 0 Å². The van der Waals surface area contributed by atoms with Gasteiger partial charge in [0.2, 0.25) is 5.69 Å². The maximum Gasteiger partial charge on any atom is 0.214 e. The van der Waals surface area contributed by atoms with Gasteiger partial charge in [-0.1, -0.05) is 164 Å². The molecule has 88 heavy (non-hydrogen) atoms. The third-order valence-corrected chi connectivity index (χ3v) is 18.3. The Hall–Kier alpha value is -12.4. The molecular weight excluding hydrogens is 1080 g/mol. The number of fused-ring (bicyclic) bond motifs is 18. The molecule has 6 heterocycles. The van der Waals surface area contributed by atoms with Gasteiger partial charge < -0.3 is 27.0 Å². The third kappa shape index (κ3) is 6.77. The number of hydrogen-bond acceptors (Lipinski definition) is 4. The van der Waals surface area contributed by atoms with Gasteiger partial charge in [0.1, 0.15) is 39.6 Å². The van der Waals surface area contributed by atoms with Gasteiger partial charge in [0.05, 0.1) is 62.3 Å². The van der Waals surface area contributed by atoms with E-state index in [4.69, 9.17) is 13.3 Å². The van der Waals surface area contributed by atoms with Crippen LogP contribution in [0, 0.1) is 17.9 Å². The first kappa shape index (κ1) is 48.1. The van der Waals surface area contributed by atoms with Gasteiger partial charge in [0.15, 0.2) is 0 Å². The third-order valence-electron chi connectivity index (χ3n) is 18.3. The molecule has 0 aliphatic carbocycles. The van der Waals surface area contributed by atoms with Crippen LogP contribution in [0.15, 0.2) is 274 Å². The van der Waals surface area contributed by atoms with Crippen LogP contribution in [0.2, 0.25) is 0 Å². The van der Waals surface area contributed by atoms with Crippen LogP contribution in [0.4, 0.5) is 5.69 Å². The Labute approximate surface area is 500 Å². The highest BCUT2D eigenvalue weighted by atomic mass is 16.3. The highest BCUT2D eigenvalue weighted by Crippen LogP contribution is 2.51. The normalized spacial score (nSPS) is 12.1. The molecule has 19 aromatic rings. The van der Waals surface area contributed by atoms with Crippen LogP contribution >= 0.6 is 0 Å². The molecule has 0 spiro atoms. The van der Waals surface area contributed by atoms with E-state index in [9.17, 15) is 11.8 Å². The molecule has 0 radical (unpaired) electrons. The Morgan fingerprint density at radius 2 is 0.602 bits per heavy atom. The van der Waals surface area contributed by atoms with E-state index >= 15 is 0 Å². The lowest BCUT2D eigenvalue weighted by Crippen LogP contribution is -2.11. The number of aromatic nitrogens is 3. The first-order chi connectivity index (χ1) is 43.5. The minimum absolute atomic E-state index is 0.290. The maximum absolute atomic E-state index is 12.1. The number of nitriles is 1. The van der Waals surface area contributed by atoms with Gasteiger partial charge in [-0.2, -0.15) is 5.26 Å². The molecule has 0 amide bonds. The molecule has 0 saturated heterocycles. The summed E-state index contributed by atoms with van der Waals surface area (Å²) in [6.45, 7) is 9.46. The molecule has 0 fully saturated rings. The summed E-state index contributed by atoms with van der Waals surface area (Å²) in [7, 11) is 0. The molecular formula is C80H43N5O3. The lowest BCUT2D eigenvalue weighted by atomic mass is 10.0. The van der Waals surface area contributed by atoms with E-state index in [0.717, 1.165) is 148 Å². The minimum Gasteiger partial charge on any atom is -0.456 e. The Bertz CT molecular complexity index is 6050. The fourth-order valence-corrected chi connectivity index (χ4v) is 14.3. The van der Waals surface area contributed by atoms with Crippen LogP contribution < -0.4 is 0 Å². The molecule has 0 bridgehead atoms. The lowest BCUT2D eigenvalue weighted by molar-refractivity contribution is 0.669. The monoisotopic (exact) mass is 1120 g/mol. The minimum atomic E-state index is 0.290. The predicted molar refractivity (Wildman–Crippen MR) is 359 cm³/mol. The Morgan fingerprint density at radius 3 is 0.966 bits per heavy atom. The van der Waals surface area contributed by atoms with Gasteiger partial charge in [-0.15, -0.1) is 0 Å². The molecule has 0 saturated carbocycles. The van der Waals surface area contributed by atoms with E-state index in [1.54, 1.807) is 6.07 Å². The van der Waals surface area contributed by atoms with Crippen molar-refractivity contribution in [2.75, 3.05) is 0 Å². The van der Waals surface area contributed by atoms with Crippen LogP contribution in [0.25, 0.3) is 187 Å². The van der Waals surface area contributed by atoms with Crippen LogP contribution in [0.1, 0.15) is 5.56 Å². The largest absolute Gasteiger partial charge is 0.456 e. The van der Waals surface area contributed by atoms with Crippen molar-refractivity contribution in [1.82, 2.24) is 13.7 Å². The van der Waals surface area contributed by atoms with E-state index in [2.05, 4.69) is 219 Å². The topological polar surface area (TPSA) is 82.4 Å². The first-order valence-electron chi connectivity index (χ1n) is 29.4. The highest BCUT2D eigenvalue weighted by Gasteiger charge is 2.32. The average Bonchev–Trinajstić information content (AvgIpc) is 1.56. The summed E-state index contributed by atoms with van der Waals surface area (Å²) in [6, 6.07) is 93.6. The van der Waals surface area contributed by atoms with Gasteiger partial charge >= 0.3 is 0 Å². The lowest BCUT2D eigenvalue weighted by Gasteiger charge is -2.24. The van der Waals surface area contributed by atoms with Crippen LogP contribution in [-0.4, -0.2) is 13.7 Å². The first-order valence-corrected chi connectivity index (χ1v) is 29.4. The maximum atomic E-state index is 12.1. The SMILES string of the molecule is [C-]#[N+]c1cc(C#N)c(-n2c3ccc(-c4ccccc4)cc3c3cc4c(cc32)oc2ccccc24)c(-n2c3ccc(-c4ccccc4)cc3c3cc4c(cc32)oc2ccccc24)c1-n1c2ccc(-c3ccccc3)cc2c2cc3c(cc21)oc1ccccc13. The molecule has 8 heteroatoms. The van der Waals surface area contributed by atoms with Crippen molar-refractivity contribution in [1.29, 1.82) is 5.26 Å². The molecule has 0 aliphatic rings. The summed E-state index contributed by atoms with van der Waals surface area (Å²) in [5.41, 5.74) is 18.4. The number of para-hydroxylation sites is 3. The average molecular weight is 1120 g/mol. The fourth-order valence-electron chi connectivity index (χ4n) is 14.3. The van der Waals surface area contributed by atoms with Crippen LogP contribution in [0.3, 0.4) is 0 Å². The zero-order valence-electron chi connectivity index (χ0n) is 46.8. The summed E-state index contributed by atoms with van der Waals surface area (Å²) < 4.78 is 27.3. The van der Waals surface area contributed by atoms with Crippen molar-refractivity contribution < 1.29 is 13.3 Å². The molecule has 13 aromatic carbocycles. The van der Waals surface area contributed by atoms with Gasteiger partial charge in [-0.3, -0.25) is 0 Å². The fraction of sp³-hybridized carbons (Fsp3) is 0. The summed E-state index contributed by atoms with van der Waals surface area (Å²) in [4.78, 5) is 4.53. The van der Waals surface area contributed by atoms with Gasteiger partial charge in [-0.05, 0) is 112 Å². The van der Waals surface area contributed by atoms with Crippen LogP contribution in [-0.2, 0) is 0 Å². The van der Waals surface area contributed by atoms with E-state index in [1.165, 1.54) is 0 Å². The van der Waals surface area contributed by atoms with Gasteiger partial charge in [0, 0.05) is 82.8 Å². The van der Waals surface area contributed by atoms with Crippen LogP contribution in [0.5, 0.6) is 0 Å². The quantitative estimate of drug-likeness (QED) is 0.155. The van der Waals surface area contributed by atoms with Crippen molar-refractivity contribution in [2.45, 2.75) is 0 Å². The van der Waals surface area contributed by atoms with Crippen molar-refractivity contribution in [3.8, 4) is 56.5 Å². The second-order valence-corrected chi connectivity index (χ2v) is 22.9. The van der Waals surface area contributed by atoms with E-state index in [-0.39, 0.29) is 0 Å². The number of nitrogens with zero attached hydrogens (tertiary/aromatic N) is 5. The van der Waals surface area contributed by atoms with E-state index in [1.807, 2.05) is 60.7 Å². The van der Waals surface area contributed by atoms with Gasteiger partial charge in [0.25, 0.3) is 0 Å². The van der Waals surface area contributed by atoms with E-state index < -0.39 is 0 Å². The standard InChI is InChI=1S/C80H43N5O3/c1-82-65-38-52(45-81)78(83-66-32-29-49(46-17-5-2-6-18-46)35-56(66)59-39-62-53-23-11-14-26-72(53)86-75(62)42-69(59)83)80(85-68-34-31-51(48-21-9-4-10-22-48)37-58(68)61-41-64-55-25-13-16-28-74(55)88-77(64)44-71(61)85)79(65)84-67-33-30-50(47-19-7-3-8-20-47)36-57(67)60-40-63-54-24-12-15-27-73(54)87-76(63)43-70(60)84/h2-44H. The smallest absolute Gasteiger partial charge is 0.214 e. The second kappa shape index (κ2) is 18.1. The van der Waals surface area contributed by atoms with Crippen molar-refractivity contribution >= 4 is 137 Å². The molecule has 0 unspecified atom stereocenters. The van der Waals surface area contributed by atoms with E-state index in [0.29, 0.717) is 45.1 Å². The highest BCUT2D eigenvalue weighted by molar-refractivity contribution is 6.23. The Balaban J connectivity index is 1.04. The number of hydrogen-bond donors (Lipinski definition) is 0. The van der Waals surface area contributed by atoms with Crippen molar-refractivity contribution in [3.05, 3.63) is 278 Å². The zero-order chi connectivity index (χ0) is 57.9.